The molecule has 0 amide bonds. The molecule has 2 heterocycles. The van der Waals surface area contributed by atoms with Crippen molar-refractivity contribution in [2.45, 2.75) is 20.3 Å². The van der Waals surface area contributed by atoms with Crippen LogP contribution in [0.15, 0.2) is 29.6 Å². The summed E-state index contributed by atoms with van der Waals surface area (Å²) in [6.45, 7) is 4.15. The zero-order valence-electron chi connectivity index (χ0n) is 12.2. The van der Waals surface area contributed by atoms with Gasteiger partial charge in [-0.1, -0.05) is 0 Å². The summed E-state index contributed by atoms with van der Waals surface area (Å²) in [6.07, 6.45) is 0.812. The first-order valence-electron chi connectivity index (χ1n) is 6.67. The fraction of sp³-hybridized carbons (Fsp3) is 0.250. The first-order valence-corrected chi connectivity index (χ1v) is 8.37. The second kappa shape index (κ2) is 5.95. The monoisotopic (exact) mass is 316 g/mol. The van der Waals surface area contributed by atoms with E-state index in [2.05, 4.69) is 29.4 Å². The van der Waals surface area contributed by atoms with Crippen LogP contribution in [0.1, 0.15) is 20.6 Å². The van der Waals surface area contributed by atoms with Crippen LogP contribution in [0.2, 0.25) is 0 Å². The summed E-state index contributed by atoms with van der Waals surface area (Å²) in [5.74, 6) is 0.866. The molecule has 5 heteroatoms. The Morgan fingerprint density at radius 3 is 2.48 bits per heavy atom. The Balaban J connectivity index is 1.86. The number of benzene rings is 1. The Labute approximate surface area is 132 Å². The van der Waals surface area contributed by atoms with E-state index in [9.17, 15) is 0 Å². The van der Waals surface area contributed by atoms with Crippen molar-refractivity contribution in [2.24, 2.45) is 0 Å². The van der Waals surface area contributed by atoms with Crippen molar-refractivity contribution in [3.05, 3.63) is 50.2 Å². The van der Waals surface area contributed by atoms with Crippen molar-refractivity contribution >= 4 is 22.7 Å². The highest BCUT2D eigenvalue weighted by molar-refractivity contribution is 7.12. The summed E-state index contributed by atoms with van der Waals surface area (Å²) in [4.78, 5) is 10.5. The zero-order valence-corrected chi connectivity index (χ0v) is 13.8. The van der Waals surface area contributed by atoms with Crippen LogP contribution in [-0.4, -0.2) is 17.1 Å². The van der Waals surface area contributed by atoms with Gasteiger partial charge in [0.15, 0.2) is 0 Å². The number of aryl methyl sites for hydroxylation is 2. The van der Waals surface area contributed by atoms with Crippen molar-refractivity contribution in [2.75, 3.05) is 7.11 Å². The molecule has 0 unspecified atom stereocenters. The molecule has 0 atom stereocenters. The van der Waals surface area contributed by atoms with Gasteiger partial charge in [0.05, 0.1) is 28.5 Å². The smallest absolute Gasteiger partial charge is 0.118 e. The van der Waals surface area contributed by atoms with Gasteiger partial charge in [0, 0.05) is 22.2 Å². The van der Waals surface area contributed by atoms with Crippen LogP contribution >= 0.6 is 22.7 Å². The van der Waals surface area contributed by atoms with E-state index >= 15 is 0 Å². The van der Waals surface area contributed by atoms with Gasteiger partial charge in [-0.25, -0.2) is 9.97 Å². The lowest BCUT2D eigenvalue weighted by Crippen LogP contribution is -1.88. The highest BCUT2D eigenvalue weighted by Crippen LogP contribution is 2.30. The lowest BCUT2D eigenvalue weighted by Gasteiger charge is -2.01. The molecule has 3 nitrogen and oxygen atoms in total. The minimum atomic E-state index is 0.812. The number of ether oxygens (including phenoxy) is 1. The van der Waals surface area contributed by atoms with Gasteiger partial charge in [0.25, 0.3) is 0 Å². The number of nitrogens with zero attached hydrogens (tertiary/aromatic N) is 2. The van der Waals surface area contributed by atoms with Crippen molar-refractivity contribution in [3.8, 4) is 17.0 Å². The fourth-order valence-electron chi connectivity index (χ4n) is 2.19. The number of hydrogen-bond donors (Lipinski definition) is 0. The molecular weight excluding hydrogens is 300 g/mol. The van der Waals surface area contributed by atoms with E-state index in [0.29, 0.717) is 0 Å². The Morgan fingerprint density at radius 1 is 1.10 bits per heavy atom. The molecular formula is C16H16N2OS2. The van der Waals surface area contributed by atoms with E-state index in [1.54, 1.807) is 29.8 Å². The van der Waals surface area contributed by atoms with Crippen molar-refractivity contribution in [1.82, 2.24) is 9.97 Å². The highest BCUT2D eigenvalue weighted by Gasteiger charge is 2.11. The molecule has 0 spiro atoms. The number of rotatable bonds is 4. The number of methoxy groups -OCH3 is 1. The van der Waals surface area contributed by atoms with Crippen molar-refractivity contribution in [3.63, 3.8) is 0 Å². The third-order valence-electron chi connectivity index (χ3n) is 3.20. The molecule has 0 radical (unpaired) electrons. The van der Waals surface area contributed by atoms with E-state index in [1.807, 2.05) is 19.1 Å². The van der Waals surface area contributed by atoms with Gasteiger partial charge in [-0.15, -0.1) is 22.7 Å². The van der Waals surface area contributed by atoms with Gasteiger partial charge < -0.3 is 4.74 Å². The molecule has 1 aromatic carbocycles. The van der Waals surface area contributed by atoms with Gasteiger partial charge in [-0.3, -0.25) is 0 Å². The molecule has 2 aromatic heterocycles. The Kier molecular flexibility index (Phi) is 4.03. The predicted octanol–water partition coefficient (Wildman–Crippen LogP) is 4.48. The van der Waals surface area contributed by atoms with E-state index < -0.39 is 0 Å². The first-order chi connectivity index (χ1) is 10.2. The molecule has 0 saturated heterocycles. The molecule has 21 heavy (non-hydrogen) atoms. The van der Waals surface area contributed by atoms with Gasteiger partial charge >= 0.3 is 0 Å². The van der Waals surface area contributed by atoms with Gasteiger partial charge in [0.1, 0.15) is 5.75 Å². The van der Waals surface area contributed by atoms with Gasteiger partial charge in [0.2, 0.25) is 0 Å². The van der Waals surface area contributed by atoms with E-state index in [1.165, 1.54) is 4.88 Å². The molecule has 0 bridgehead atoms. The van der Waals surface area contributed by atoms with Crippen LogP contribution in [0.4, 0.5) is 0 Å². The maximum atomic E-state index is 5.20. The Bertz CT molecular complexity index is 744. The lowest BCUT2D eigenvalue weighted by molar-refractivity contribution is 0.415. The topological polar surface area (TPSA) is 35.0 Å². The van der Waals surface area contributed by atoms with Crippen LogP contribution in [0.3, 0.4) is 0 Å². The summed E-state index contributed by atoms with van der Waals surface area (Å²) in [5, 5.41) is 4.33. The standard InChI is InChI=1S/C16H16N2OS2/c1-10-16(12-4-6-14(19-3)7-5-12)18-15(21-10)8-13-9-20-11(2)17-13/h4-7,9H,8H2,1-3H3. The second-order valence-corrected chi connectivity index (χ2v) is 7.13. The number of aromatic nitrogens is 2. The third kappa shape index (κ3) is 3.14. The average molecular weight is 316 g/mol. The number of hydrogen-bond acceptors (Lipinski definition) is 5. The van der Waals surface area contributed by atoms with Crippen LogP contribution in [0, 0.1) is 13.8 Å². The molecule has 0 saturated carbocycles. The Hall–Kier alpha value is -1.72. The molecule has 0 aliphatic heterocycles. The normalized spacial score (nSPS) is 10.8. The van der Waals surface area contributed by atoms with E-state index in [-0.39, 0.29) is 0 Å². The van der Waals surface area contributed by atoms with Crippen LogP contribution in [0.25, 0.3) is 11.3 Å². The molecule has 108 valence electrons. The predicted molar refractivity (Wildman–Crippen MR) is 88.5 cm³/mol. The van der Waals surface area contributed by atoms with Crippen molar-refractivity contribution < 1.29 is 4.74 Å². The van der Waals surface area contributed by atoms with E-state index in [4.69, 9.17) is 9.72 Å². The van der Waals surface area contributed by atoms with Crippen molar-refractivity contribution in [1.29, 1.82) is 0 Å². The molecule has 0 fully saturated rings. The molecule has 0 N–H and O–H groups in total. The Morgan fingerprint density at radius 2 is 1.86 bits per heavy atom. The average Bonchev–Trinajstić information content (AvgIpc) is 3.05. The largest absolute Gasteiger partial charge is 0.497 e. The summed E-state index contributed by atoms with van der Waals surface area (Å²) in [5.41, 5.74) is 3.29. The minimum Gasteiger partial charge on any atom is -0.497 e. The maximum absolute atomic E-state index is 5.20. The third-order valence-corrected chi connectivity index (χ3v) is 5.00. The molecule has 3 rings (SSSR count). The summed E-state index contributed by atoms with van der Waals surface area (Å²) in [7, 11) is 1.68. The first kappa shape index (κ1) is 14.2. The minimum absolute atomic E-state index is 0.812. The van der Waals surface area contributed by atoms with Crippen LogP contribution < -0.4 is 4.74 Å². The summed E-state index contributed by atoms with van der Waals surface area (Å²) < 4.78 is 5.20. The summed E-state index contributed by atoms with van der Waals surface area (Å²) >= 11 is 3.43. The van der Waals surface area contributed by atoms with E-state index in [0.717, 1.165) is 39.1 Å². The number of thiazole rings is 2. The SMILES string of the molecule is COc1ccc(-c2nc(Cc3csc(C)n3)sc2C)cc1. The van der Waals surface area contributed by atoms with Gasteiger partial charge in [-0.2, -0.15) is 0 Å². The lowest BCUT2D eigenvalue weighted by atomic mass is 10.1. The molecule has 0 aliphatic rings. The zero-order chi connectivity index (χ0) is 14.8. The quantitative estimate of drug-likeness (QED) is 0.711. The maximum Gasteiger partial charge on any atom is 0.118 e. The van der Waals surface area contributed by atoms with Gasteiger partial charge in [-0.05, 0) is 38.1 Å². The molecule has 0 aliphatic carbocycles. The summed E-state index contributed by atoms with van der Waals surface area (Å²) in [6, 6.07) is 8.05. The van der Waals surface area contributed by atoms with Crippen LogP contribution in [-0.2, 0) is 6.42 Å². The second-order valence-electron chi connectivity index (χ2n) is 4.78. The molecule has 3 aromatic rings. The van der Waals surface area contributed by atoms with Crippen LogP contribution in [0.5, 0.6) is 5.75 Å². The highest BCUT2D eigenvalue weighted by atomic mass is 32.1. The fourth-order valence-corrected chi connectivity index (χ4v) is 3.77.